The molecule has 1 aliphatic heterocycles. The molecule has 0 spiro atoms. The van der Waals surface area contributed by atoms with Crippen LogP contribution < -0.4 is 4.74 Å². The quantitative estimate of drug-likeness (QED) is 0.495. The minimum Gasteiger partial charge on any atom is -0.421 e. The van der Waals surface area contributed by atoms with E-state index < -0.39 is 5.97 Å². The van der Waals surface area contributed by atoms with Gasteiger partial charge in [0.1, 0.15) is 5.52 Å². The normalized spacial score (nSPS) is 14.7. The Bertz CT molecular complexity index is 934. The van der Waals surface area contributed by atoms with E-state index in [4.69, 9.17) is 16.3 Å². The van der Waals surface area contributed by atoms with Crippen LogP contribution in [0.2, 0.25) is 5.02 Å². The second-order valence-corrected chi connectivity index (χ2v) is 6.94. The van der Waals surface area contributed by atoms with Gasteiger partial charge in [-0.2, -0.15) is 0 Å². The number of likely N-dealkylation sites (tertiary alicyclic amines) is 1. The Balaban J connectivity index is 1.63. The van der Waals surface area contributed by atoms with E-state index in [1.54, 1.807) is 30.5 Å². The molecular formula is C21H19ClN2O2. The van der Waals surface area contributed by atoms with Crippen LogP contribution in [0.15, 0.2) is 54.7 Å². The molecule has 1 aliphatic rings. The molecule has 1 fully saturated rings. The van der Waals surface area contributed by atoms with Gasteiger partial charge in [0.2, 0.25) is 0 Å². The standard InChI is InChI=1S/C21H19ClN2O2/c22-17-8-5-15(6-9-17)21(25)26-19-10-7-16(14-24-12-1-2-13-24)18-4-3-11-23-20(18)19/h3-11H,1-2,12-14H2. The molecule has 0 atom stereocenters. The van der Waals surface area contributed by atoms with Gasteiger partial charge in [-0.15, -0.1) is 0 Å². The molecule has 0 amide bonds. The Morgan fingerprint density at radius 3 is 2.62 bits per heavy atom. The van der Waals surface area contributed by atoms with E-state index in [1.807, 2.05) is 24.3 Å². The lowest BCUT2D eigenvalue weighted by Gasteiger charge is -2.17. The third-order valence-electron chi connectivity index (χ3n) is 4.70. The van der Waals surface area contributed by atoms with Crippen LogP contribution in [-0.2, 0) is 6.54 Å². The number of carbonyl (C=O) groups is 1. The zero-order valence-corrected chi connectivity index (χ0v) is 15.1. The Kier molecular flexibility index (Phi) is 4.87. The fourth-order valence-corrected chi connectivity index (χ4v) is 3.48. The first kappa shape index (κ1) is 17.0. The molecule has 0 aliphatic carbocycles. The highest BCUT2D eigenvalue weighted by Crippen LogP contribution is 2.29. The maximum absolute atomic E-state index is 12.4. The van der Waals surface area contributed by atoms with Crippen molar-refractivity contribution in [3.8, 4) is 5.75 Å². The number of benzene rings is 2. The summed E-state index contributed by atoms with van der Waals surface area (Å²) >= 11 is 5.88. The minimum atomic E-state index is -0.416. The Morgan fingerprint density at radius 2 is 1.85 bits per heavy atom. The van der Waals surface area contributed by atoms with Gasteiger partial charge in [0.25, 0.3) is 0 Å². The van der Waals surface area contributed by atoms with Gasteiger partial charge in [0.15, 0.2) is 5.75 Å². The summed E-state index contributed by atoms with van der Waals surface area (Å²) in [6.45, 7) is 3.16. The first-order chi connectivity index (χ1) is 12.7. The number of fused-ring (bicyclic) bond motifs is 1. The predicted octanol–water partition coefficient (Wildman–Crippen LogP) is 4.70. The largest absolute Gasteiger partial charge is 0.421 e. The molecule has 3 aromatic rings. The summed E-state index contributed by atoms with van der Waals surface area (Å²) in [5.41, 5.74) is 2.38. The minimum absolute atomic E-state index is 0.416. The molecule has 0 saturated carbocycles. The summed E-state index contributed by atoms with van der Waals surface area (Å²) in [4.78, 5) is 19.3. The highest BCUT2D eigenvalue weighted by molar-refractivity contribution is 6.30. The van der Waals surface area contributed by atoms with Crippen LogP contribution >= 0.6 is 11.6 Å². The zero-order valence-electron chi connectivity index (χ0n) is 14.3. The van der Waals surface area contributed by atoms with Crippen LogP contribution in [0, 0.1) is 0 Å². The smallest absolute Gasteiger partial charge is 0.343 e. The number of rotatable bonds is 4. The molecule has 0 unspecified atom stereocenters. The third kappa shape index (κ3) is 3.57. The van der Waals surface area contributed by atoms with Crippen molar-refractivity contribution in [2.24, 2.45) is 0 Å². The summed E-state index contributed by atoms with van der Waals surface area (Å²) in [7, 11) is 0. The van der Waals surface area contributed by atoms with Gasteiger partial charge in [-0.05, 0) is 67.9 Å². The molecule has 0 radical (unpaired) electrons. The molecule has 4 rings (SSSR count). The van der Waals surface area contributed by atoms with Gasteiger partial charge < -0.3 is 4.74 Å². The molecule has 4 nitrogen and oxygen atoms in total. The number of aromatic nitrogens is 1. The lowest BCUT2D eigenvalue weighted by atomic mass is 10.1. The van der Waals surface area contributed by atoms with Crippen LogP contribution in [-0.4, -0.2) is 28.9 Å². The highest BCUT2D eigenvalue weighted by Gasteiger charge is 2.16. The van der Waals surface area contributed by atoms with E-state index in [0.717, 1.165) is 25.0 Å². The molecule has 2 aromatic carbocycles. The van der Waals surface area contributed by atoms with Crippen LogP contribution in [0.1, 0.15) is 28.8 Å². The summed E-state index contributed by atoms with van der Waals surface area (Å²) in [6.07, 6.45) is 4.24. The first-order valence-corrected chi connectivity index (χ1v) is 9.15. The van der Waals surface area contributed by atoms with Crippen molar-refractivity contribution in [2.75, 3.05) is 13.1 Å². The Morgan fingerprint density at radius 1 is 1.08 bits per heavy atom. The lowest BCUT2D eigenvalue weighted by molar-refractivity contribution is 0.0736. The topological polar surface area (TPSA) is 42.4 Å². The van der Waals surface area contributed by atoms with Gasteiger partial charge >= 0.3 is 5.97 Å². The SMILES string of the molecule is O=C(Oc1ccc(CN2CCCC2)c2cccnc12)c1ccc(Cl)cc1. The van der Waals surface area contributed by atoms with Gasteiger partial charge in [0.05, 0.1) is 5.56 Å². The number of carbonyl (C=O) groups excluding carboxylic acids is 1. The van der Waals surface area contributed by atoms with E-state index in [-0.39, 0.29) is 0 Å². The molecule has 2 heterocycles. The zero-order chi connectivity index (χ0) is 17.9. The monoisotopic (exact) mass is 366 g/mol. The molecule has 132 valence electrons. The third-order valence-corrected chi connectivity index (χ3v) is 4.95. The van der Waals surface area contributed by atoms with Gasteiger partial charge in [-0.1, -0.05) is 23.7 Å². The van der Waals surface area contributed by atoms with Crippen LogP contribution in [0.3, 0.4) is 0 Å². The summed E-state index contributed by atoms with van der Waals surface area (Å²) < 4.78 is 5.62. The number of ether oxygens (including phenoxy) is 1. The van der Waals surface area contributed by atoms with E-state index in [1.165, 1.54) is 18.4 Å². The fourth-order valence-electron chi connectivity index (χ4n) is 3.35. The van der Waals surface area contributed by atoms with Crippen molar-refractivity contribution >= 4 is 28.5 Å². The van der Waals surface area contributed by atoms with Crippen molar-refractivity contribution < 1.29 is 9.53 Å². The van der Waals surface area contributed by atoms with Gasteiger partial charge in [-0.3, -0.25) is 9.88 Å². The fraction of sp³-hybridized carbons (Fsp3) is 0.238. The van der Waals surface area contributed by atoms with Crippen molar-refractivity contribution in [1.29, 1.82) is 0 Å². The van der Waals surface area contributed by atoms with Crippen molar-refractivity contribution in [3.05, 3.63) is 70.9 Å². The maximum atomic E-state index is 12.4. The highest BCUT2D eigenvalue weighted by atomic mass is 35.5. The Hall–Kier alpha value is -2.43. The number of hydrogen-bond acceptors (Lipinski definition) is 4. The lowest BCUT2D eigenvalue weighted by Crippen LogP contribution is -2.18. The number of halogens is 1. The Labute approximate surface area is 157 Å². The van der Waals surface area contributed by atoms with Gasteiger partial charge in [-0.25, -0.2) is 4.79 Å². The number of nitrogens with zero attached hydrogens (tertiary/aromatic N) is 2. The van der Waals surface area contributed by atoms with E-state index in [9.17, 15) is 4.79 Å². The average Bonchev–Trinajstić information content (AvgIpc) is 3.17. The maximum Gasteiger partial charge on any atom is 0.343 e. The number of hydrogen-bond donors (Lipinski definition) is 0. The van der Waals surface area contributed by atoms with E-state index in [2.05, 4.69) is 9.88 Å². The van der Waals surface area contributed by atoms with Crippen molar-refractivity contribution in [3.63, 3.8) is 0 Å². The first-order valence-electron chi connectivity index (χ1n) is 8.77. The van der Waals surface area contributed by atoms with Crippen molar-refractivity contribution in [1.82, 2.24) is 9.88 Å². The molecule has 0 bridgehead atoms. The summed E-state index contributed by atoms with van der Waals surface area (Å²) in [6, 6.07) is 14.5. The van der Waals surface area contributed by atoms with Crippen molar-refractivity contribution in [2.45, 2.75) is 19.4 Å². The number of pyridine rings is 1. The molecule has 26 heavy (non-hydrogen) atoms. The molecule has 5 heteroatoms. The van der Waals surface area contributed by atoms with Crippen LogP contribution in [0.4, 0.5) is 0 Å². The summed E-state index contributed by atoms with van der Waals surface area (Å²) in [5, 5.41) is 1.61. The molecule has 1 aromatic heterocycles. The second kappa shape index (κ2) is 7.44. The predicted molar refractivity (Wildman–Crippen MR) is 103 cm³/mol. The van der Waals surface area contributed by atoms with E-state index >= 15 is 0 Å². The molecule has 1 saturated heterocycles. The molecular weight excluding hydrogens is 348 g/mol. The van der Waals surface area contributed by atoms with E-state index in [0.29, 0.717) is 21.9 Å². The molecule has 0 N–H and O–H groups in total. The summed E-state index contributed by atoms with van der Waals surface area (Å²) in [5.74, 6) is 0.0617. The second-order valence-electron chi connectivity index (χ2n) is 6.50. The van der Waals surface area contributed by atoms with Crippen LogP contribution in [0.5, 0.6) is 5.75 Å². The van der Waals surface area contributed by atoms with Gasteiger partial charge in [0, 0.05) is 23.2 Å². The number of esters is 1. The average molecular weight is 367 g/mol. The van der Waals surface area contributed by atoms with Crippen LogP contribution in [0.25, 0.3) is 10.9 Å².